The van der Waals surface area contributed by atoms with Crippen LogP contribution in [0.2, 0.25) is 0 Å². The number of aryl methyl sites for hydroxylation is 1. The van der Waals surface area contributed by atoms with Crippen molar-refractivity contribution in [3.8, 4) is 0 Å². The largest absolute Gasteiger partial charge is 0.368 e. The number of imidazole rings is 1. The average molecular weight is 284 g/mol. The maximum absolute atomic E-state index is 4.57. The molecule has 0 saturated heterocycles. The minimum absolute atomic E-state index is 0.416. The Kier molecular flexibility index (Phi) is 3.85. The molecule has 110 valence electrons. The van der Waals surface area contributed by atoms with Crippen molar-refractivity contribution in [2.24, 2.45) is 0 Å². The second-order valence-electron chi connectivity index (χ2n) is 5.41. The molecule has 0 spiro atoms. The molecule has 1 N–H and O–H groups in total. The van der Waals surface area contributed by atoms with E-state index in [0.29, 0.717) is 5.92 Å². The summed E-state index contributed by atoms with van der Waals surface area (Å²) in [5.74, 6) is 1.31. The zero-order valence-corrected chi connectivity index (χ0v) is 12.4. The van der Waals surface area contributed by atoms with Crippen molar-refractivity contribution in [2.45, 2.75) is 32.7 Å². The topological polar surface area (TPSA) is 60.0 Å². The van der Waals surface area contributed by atoms with Gasteiger partial charge in [-0.3, -0.25) is 0 Å². The summed E-state index contributed by atoms with van der Waals surface area (Å²) in [6.07, 6.45) is 10.3. The van der Waals surface area contributed by atoms with Crippen molar-refractivity contribution in [3.05, 3.63) is 42.9 Å². The molecule has 0 aromatic carbocycles. The fourth-order valence-corrected chi connectivity index (χ4v) is 2.25. The van der Waals surface area contributed by atoms with Gasteiger partial charge in [0.1, 0.15) is 5.52 Å². The lowest BCUT2D eigenvalue weighted by molar-refractivity contribution is 0.660. The van der Waals surface area contributed by atoms with Crippen LogP contribution in [0.15, 0.2) is 37.2 Å². The highest BCUT2D eigenvalue weighted by Gasteiger charge is 2.09. The van der Waals surface area contributed by atoms with Crippen LogP contribution in [0.1, 0.15) is 31.9 Å². The molecular formula is C15H20N6. The highest BCUT2D eigenvalue weighted by molar-refractivity contribution is 5.67. The summed E-state index contributed by atoms with van der Waals surface area (Å²) in [4.78, 5) is 8.46. The van der Waals surface area contributed by atoms with Gasteiger partial charge in [0.05, 0.1) is 12.0 Å². The van der Waals surface area contributed by atoms with Crippen LogP contribution in [-0.4, -0.2) is 30.7 Å². The lowest BCUT2D eigenvalue weighted by atomic mass is 10.1. The Morgan fingerprint density at radius 2 is 2.14 bits per heavy atom. The summed E-state index contributed by atoms with van der Waals surface area (Å²) >= 11 is 0. The first-order chi connectivity index (χ1) is 10.2. The summed E-state index contributed by atoms with van der Waals surface area (Å²) in [7, 11) is 0. The van der Waals surface area contributed by atoms with E-state index in [2.05, 4.69) is 44.9 Å². The molecule has 0 bridgehead atoms. The van der Waals surface area contributed by atoms with Crippen LogP contribution in [0, 0.1) is 0 Å². The third kappa shape index (κ3) is 3.04. The van der Waals surface area contributed by atoms with Gasteiger partial charge in [-0.2, -0.15) is 5.10 Å². The van der Waals surface area contributed by atoms with E-state index in [1.807, 2.05) is 23.2 Å². The van der Waals surface area contributed by atoms with E-state index < -0.39 is 0 Å². The minimum atomic E-state index is 0.416. The number of fused-ring (bicyclic) bond motifs is 1. The third-order valence-corrected chi connectivity index (χ3v) is 3.45. The molecule has 0 unspecified atom stereocenters. The number of rotatable bonds is 6. The lowest BCUT2D eigenvalue weighted by Crippen LogP contribution is -2.08. The van der Waals surface area contributed by atoms with Crippen LogP contribution in [-0.2, 0) is 6.54 Å². The van der Waals surface area contributed by atoms with Gasteiger partial charge in [0.15, 0.2) is 5.82 Å². The summed E-state index contributed by atoms with van der Waals surface area (Å²) in [5.41, 5.74) is 2.12. The fourth-order valence-electron chi connectivity index (χ4n) is 2.25. The highest BCUT2D eigenvalue weighted by atomic mass is 15.2. The van der Waals surface area contributed by atoms with Gasteiger partial charge in [-0.1, -0.05) is 13.8 Å². The smallest absolute Gasteiger partial charge is 0.152 e. The van der Waals surface area contributed by atoms with E-state index in [0.717, 1.165) is 36.5 Å². The molecule has 0 fully saturated rings. The van der Waals surface area contributed by atoms with E-state index >= 15 is 0 Å². The van der Waals surface area contributed by atoms with Gasteiger partial charge in [0.2, 0.25) is 0 Å². The zero-order chi connectivity index (χ0) is 14.7. The van der Waals surface area contributed by atoms with Crippen LogP contribution in [0.25, 0.3) is 5.52 Å². The predicted molar refractivity (Wildman–Crippen MR) is 82.4 cm³/mol. The van der Waals surface area contributed by atoms with E-state index in [-0.39, 0.29) is 0 Å². The van der Waals surface area contributed by atoms with Crippen molar-refractivity contribution in [3.63, 3.8) is 0 Å². The van der Waals surface area contributed by atoms with Crippen molar-refractivity contribution in [1.82, 2.24) is 24.1 Å². The maximum Gasteiger partial charge on any atom is 0.152 e. The van der Waals surface area contributed by atoms with Gasteiger partial charge in [-0.05, 0) is 18.4 Å². The first-order valence-corrected chi connectivity index (χ1v) is 7.28. The third-order valence-electron chi connectivity index (χ3n) is 3.45. The maximum atomic E-state index is 4.57. The van der Waals surface area contributed by atoms with Crippen molar-refractivity contribution in [2.75, 3.05) is 11.9 Å². The predicted octanol–water partition coefficient (Wildman–Crippen LogP) is 2.55. The number of hydrogen-bond acceptors (Lipinski definition) is 4. The normalized spacial score (nSPS) is 11.4. The summed E-state index contributed by atoms with van der Waals surface area (Å²) in [6, 6.07) is 2.11. The Labute approximate surface area is 123 Å². The molecule has 0 aliphatic rings. The van der Waals surface area contributed by atoms with Crippen molar-refractivity contribution < 1.29 is 0 Å². The van der Waals surface area contributed by atoms with Crippen LogP contribution in [0.3, 0.4) is 0 Å². The number of nitrogens with zero attached hydrogens (tertiary/aromatic N) is 5. The van der Waals surface area contributed by atoms with Gasteiger partial charge >= 0.3 is 0 Å². The second kappa shape index (κ2) is 5.95. The Morgan fingerprint density at radius 1 is 1.24 bits per heavy atom. The summed E-state index contributed by atoms with van der Waals surface area (Å²) < 4.78 is 3.96. The molecule has 3 aromatic rings. The quantitative estimate of drug-likeness (QED) is 0.707. The number of nitrogens with one attached hydrogen (secondary N) is 1. The zero-order valence-electron chi connectivity index (χ0n) is 12.4. The van der Waals surface area contributed by atoms with Crippen molar-refractivity contribution >= 4 is 11.3 Å². The molecule has 0 atom stereocenters. The Hall–Kier alpha value is -2.37. The van der Waals surface area contributed by atoms with Gasteiger partial charge < -0.3 is 9.88 Å². The Balaban J connectivity index is 1.66. The highest BCUT2D eigenvalue weighted by Crippen LogP contribution is 2.19. The van der Waals surface area contributed by atoms with Crippen LogP contribution < -0.4 is 5.32 Å². The van der Waals surface area contributed by atoms with E-state index in [1.165, 1.54) is 0 Å². The molecule has 0 aliphatic carbocycles. The Bertz CT molecular complexity index is 698. The van der Waals surface area contributed by atoms with Gasteiger partial charge in [-0.15, -0.1) is 0 Å². The minimum Gasteiger partial charge on any atom is -0.368 e. The molecule has 6 nitrogen and oxygen atoms in total. The first-order valence-electron chi connectivity index (χ1n) is 7.28. The fraction of sp³-hybridized carbons (Fsp3) is 0.400. The Morgan fingerprint density at radius 3 is 2.90 bits per heavy atom. The molecule has 3 heterocycles. The standard InChI is InChI=1S/C15H20N6/c1-12(2)13-10-14-15(18-6-9-21(14)19-13)17-4-3-7-20-8-5-16-11-20/h5-6,8-12H,3-4,7H2,1-2H3,(H,17,18). The SMILES string of the molecule is CC(C)c1cc2c(NCCCn3ccnc3)nccn2n1. The molecule has 3 rings (SSSR count). The summed E-state index contributed by atoms with van der Waals surface area (Å²) in [6.45, 7) is 6.11. The van der Waals surface area contributed by atoms with Crippen LogP contribution in [0.4, 0.5) is 5.82 Å². The molecule has 0 amide bonds. The number of hydrogen-bond donors (Lipinski definition) is 1. The van der Waals surface area contributed by atoms with Crippen LogP contribution >= 0.6 is 0 Å². The summed E-state index contributed by atoms with van der Waals surface area (Å²) in [5, 5.41) is 7.96. The molecule has 3 aromatic heterocycles. The molecule has 0 aliphatic heterocycles. The molecule has 0 saturated carbocycles. The number of anilines is 1. The molecule has 21 heavy (non-hydrogen) atoms. The lowest BCUT2D eigenvalue weighted by Gasteiger charge is -2.07. The van der Waals surface area contributed by atoms with Gasteiger partial charge in [-0.25, -0.2) is 14.5 Å². The first kappa shape index (κ1) is 13.6. The van der Waals surface area contributed by atoms with Crippen molar-refractivity contribution in [1.29, 1.82) is 0 Å². The average Bonchev–Trinajstić information content (AvgIpc) is 3.12. The molecular weight excluding hydrogens is 264 g/mol. The molecule has 6 heteroatoms. The van der Waals surface area contributed by atoms with Crippen LogP contribution in [0.5, 0.6) is 0 Å². The monoisotopic (exact) mass is 284 g/mol. The number of aromatic nitrogens is 5. The van der Waals surface area contributed by atoms with E-state index in [4.69, 9.17) is 0 Å². The van der Waals surface area contributed by atoms with E-state index in [9.17, 15) is 0 Å². The second-order valence-corrected chi connectivity index (χ2v) is 5.41. The molecule has 0 radical (unpaired) electrons. The van der Waals surface area contributed by atoms with Gasteiger partial charge in [0, 0.05) is 37.9 Å². The van der Waals surface area contributed by atoms with E-state index in [1.54, 1.807) is 12.4 Å². The van der Waals surface area contributed by atoms with Gasteiger partial charge in [0.25, 0.3) is 0 Å².